The highest BCUT2D eigenvalue weighted by molar-refractivity contribution is 6.00. The third-order valence-corrected chi connectivity index (χ3v) is 4.75. The molecule has 2 N–H and O–H groups in total. The van der Waals surface area contributed by atoms with Gasteiger partial charge in [0.05, 0.1) is 12.1 Å². The molecular formula is C16H21NO3. The van der Waals surface area contributed by atoms with E-state index in [0.717, 1.165) is 12.5 Å². The maximum absolute atomic E-state index is 12.3. The molecule has 20 heavy (non-hydrogen) atoms. The highest BCUT2D eigenvalue weighted by Gasteiger charge is 2.36. The largest absolute Gasteiger partial charge is 0.508 e. The lowest BCUT2D eigenvalue weighted by atomic mass is 9.85. The number of aromatic hydroxyl groups is 2. The molecule has 1 saturated carbocycles. The van der Waals surface area contributed by atoms with Gasteiger partial charge in [-0.3, -0.25) is 9.69 Å². The minimum atomic E-state index is -0.130. The normalized spacial score (nSPS) is 26.4. The lowest BCUT2D eigenvalue weighted by molar-refractivity contribution is 0.0893. The van der Waals surface area contributed by atoms with Crippen LogP contribution in [0, 0.1) is 5.92 Å². The Morgan fingerprint density at radius 3 is 2.80 bits per heavy atom. The van der Waals surface area contributed by atoms with E-state index in [1.165, 1.54) is 50.3 Å². The Balaban J connectivity index is 1.69. The molecule has 2 unspecified atom stereocenters. The van der Waals surface area contributed by atoms with Crippen molar-refractivity contribution in [3.05, 3.63) is 23.8 Å². The molecule has 1 aliphatic carbocycles. The smallest absolute Gasteiger partial charge is 0.180 e. The SMILES string of the molecule is O=C(CN1CCC2CCCCC21)c1ccc(O)cc1O. The molecule has 1 saturated heterocycles. The predicted octanol–water partition coefficient (Wildman–Crippen LogP) is 2.55. The summed E-state index contributed by atoms with van der Waals surface area (Å²) in [6.07, 6.45) is 6.26. The second-order valence-corrected chi connectivity index (χ2v) is 6.00. The number of phenols is 2. The molecule has 3 rings (SSSR count). The fourth-order valence-corrected chi connectivity index (χ4v) is 3.72. The van der Waals surface area contributed by atoms with E-state index in [9.17, 15) is 15.0 Å². The summed E-state index contributed by atoms with van der Waals surface area (Å²) in [5.74, 6) is 0.542. The van der Waals surface area contributed by atoms with Crippen molar-refractivity contribution in [1.29, 1.82) is 0 Å². The van der Waals surface area contributed by atoms with Gasteiger partial charge < -0.3 is 10.2 Å². The quantitative estimate of drug-likeness (QED) is 0.832. The highest BCUT2D eigenvalue weighted by Crippen LogP contribution is 2.36. The summed E-state index contributed by atoms with van der Waals surface area (Å²) in [7, 11) is 0. The lowest BCUT2D eigenvalue weighted by Gasteiger charge is -2.31. The first-order valence-electron chi connectivity index (χ1n) is 7.44. The number of hydrogen-bond acceptors (Lipinski definition) is 4. The van der Waals surface area contributed by atoms with Gasteiger partial charge in [-0.05, 0) is 43.9 Å². The molecule has 1 aromatic carbocycles. The van der Waals surface area contributed by atoms with Gasteiger partial charge in [0.25, 0.3) is 0 Å². The maximum Gasteiger partial charge on any atom is 0.180 e. The van der Waals surface area contributed by atoms with Crippen LogP contribution < -0.4 is 0 Å². The van der Waals surface area contributed by atoms with Gasteiger partial charge in [0.2, 0.25) is 0 Å². The summed E-state index contributed by atoms with van der Waals surface area (Å²) in [5, 5.41) is 19.0. The van der Waals surface area contributed by atoms with Crippen LogP contribution in [0.15, 0.2) is 18.2 Å². The fourth-order valence-electron chi connectivity index (χ4n) is 3.72. The molecule has 2 aliphatic rings. The zero-order chi connectivity index (χ0) is 14.1. The van der Waals surface area contributed by atoms with Crippen molar-refractivity contribution in [3.8, 4) is 11.5 Å². The van der Waals surface area contributed by atoms with Gasteiger partial charge in [0, 0.05) is 12.1 Å². The van der Waals surface area contributed by atoms with Gasteiger partial charge in [-0.15, -0.1) is 0 Å². The van der Waals surface area contributed by atoms with Crippen LogP contribution in [0.1, 0.15) is 42.5 Å². The first-order valence-corrected chi connectivity index (χ1v) is 7.44. The Morgan fingerprint density at radius 1 is 1.20 bits per heavy atom. The van der Waals surface area contributed by atoms with Crippen molar-refractivity contribution in [2.45, 2.75) is 38.1 Å². The number of carbonyl (C=O) groups excluding carboxylic acids is 1. The van der Waals surface area contributed by atoms with E-state index in [0.29, 0.717) is 18.2 Å². The molecule has 0 radical (unpaired) electrons. The summed E-state index contributed by atoms with van der Waals surface area (Å²) in [4.78, 5) is 14.6. The molecule has 0 aromatic heterocycles. The van der Waals surface area contributed by atoms with Crippen molar-refractivity contribution in [2.75, 3.05) is 13.1 Å². The van der Waals surface area contributed by atoms with Gasteiger partial charge in [0.1, 0.15) is 11.5 Å². The molecule has 0 spiro atoms. The highest BCUT2D eigenvalue weighted by atomic mass is 16.3. The second-order valence-electron chi connectivity index (χ2n) is 6.00. The minimum Gasteiger partial charge on any atom is -0.508 e. The maximum atomic E-state index is 12.3. The monoisotopic (exact) mass is 275 g/mol. The number of hydrogen-bond donors (Lipinski definition) is 2. The van der Waals surface area contributed by atoms with Crippen LogP contribution in [0.5, 0.6) is 11.5 Å². The fraction of sp³-hybridized carbons (Fsp3) is 0.562. The Kier molecular flexibility index (Phi) is 3.66. The molecule has 1 heterocycles. The average molecular weight is 275 g/mol. The molecule has 2 fully saturated rings. The summed E-state index contributed by atoms with van der Waals surface area (Å²) in [6, 6.07) is 4.72. The van der Waals surface area contributed by atoms with Crippen LogP contribution in [0.2, 0.25) is 0 Å². The Labute approximate surface area is 119 Å². The van der Waals surface area contributed by atoms with Gasteiger partial charge in [-0.2, -0.15) is 0 Å². The van der Waals surface area contributed by atoms with Crippen LogP contribution in [0.4, 0.5) is 0 Å². The summed E-state index contributed by atoms with van der Waals surface area (Å²) in [5.41, 5.74) is 0.307. The summed E-state index contributed by atoms with van der Waals surface area (Å²) < 4.78 is 0. The summed E-state index contributed by atoms with van der Waals surface area (Å²) in [6.45, 7) is 1.36. The van der Waals surface area contributed by atoms with E-state index in [1.807, 2.05) is 0 Å². The zero-order valence-corrected chi connectivity index (χ0v) is 11.6. The van der Waals surface area contributed by atoms with Crippen LogP contribution in [-0.4, -0.2) is 40.0 Å². The first-order chi connectivity index (χ1) is 9.65. The number of benzene rings is 1. The van der Waals surface area contributed by atoms with E-state index >= 15 is 0 Å². The van der Waals surface area contributed by atoms with Crippen LogP contribution >= 0.6 is 0 Å². The van der Waals surface area contributed by atoms with E-state index in [2.05, 4.69) is 4.90 Å². The van der Waals surface area contributed by atoms with E-state index < -0.39 is 0 Å². The molecule has 4 nitrogen and oxygen atoms in total. The lowest BCUT2D eigenvalue weighted by Crippen LogP contribution is -2.38. The number of ketones is 1. The predicted molar refractivity (Wildman–Crippen MR) is 76.0 cm³/mol. The van der Waals surface area contributed by atoms with Gasteiger partial charge in [-0.1, -0.05) is 12.8 Å². The van der Waals surface area contributed by atoms with Crippen molar-refractivity contribution in [1.82, 2.24) is 4.90 Å². The van der Waals surface area contributed by atoms with Crippen LogP contribution in [0.25, 0.3) is 0 Å². The number of nitrogens with zero attached hydrogens (tertiary/aromatic N) is 1. The number of phenolic OH excluding ortho intramolecular Hbond substituents is 2. The number of likely N-dealkylation sites (tertiary alicyclic amines) is 1. The molecule has 2 atom stereocenters. The van der Waals surface area contributed by atoms with Crippen LogP contribution in [-0.2, 0) is 0 Å². The second kappa shape index (κ2) is 5.44. The van der Waals surface area contributed by atoms with Crippen molar-refractivity contribution in [3.63, 3.8) is 0 Å². The first kappa shape index (κ1) is 13.4. The molecule has 1 aliphatic heterocycles. The van der Waals surface area contributed by atoms with E-state index in [-0.39, 0.29) is 17.3 Å². The molecule has 4 heteroatoms. The van der Waals surface area contributed by atoms with Gasteiger partial charge in [0.15, 0.2) is 5.78 Å². The average Bonchev–Trinajstić information content (AvgIpc) is 2.82. The number of rotatable bonds is 3. The molecule has 1 aromatic rings. The van der Waals surface area contributed by atoms with E-state index in [4.69, 9.17) is 0 Å². The molecular weight excluding hydrogens is 254 g/mol. The number of Topliss-reactive ketones (excluding diaryl/α,β-unsaturated/α-hetero) is 1. The Bertz CT molecular complexity index is 514. The zero-order valence-electron chi connectivity index (χ0n) is 11.6. The number of fused-ring (bicyclic) bond motifs is 1. The minimum absolute atomic E-state index is 0.0208. The Morgan fingerprint density at radius 2 is 2.00 bits per heavy atom. The standard InChI is InChI=1S/C16H21NO3/c18-12-5-6-13(15(19)9-12)16(20)10-17-8-7-11-3-1-2-4-14(11)17/h5-6,9,11,14,18-19H,1-4,7-8,10H2. The Hall–Kier alpha value is -1.55. The van der Waals surface area contributed by atoms with E-state index in [1.54, 1.807) is 0 Å². The topological polar surface area (TPSA) is 60.8 Å². The van der Waals surface area contributed by atoms with Crippen molar-refractivity contribution >= 4 is 5.78 Å². The molecule has 0 bridgehead atoms. The third-order valence-electron chi connectivity index (χ3n) is 4.75. The number of carbonyl (C=O) groups is 1. The van der Waals surface area contributed by atoms with Crippen LogP contribution in [0.3, 0.4) is 0 Å². The van der Waals surface area contributed by atoms with Gasteiger partial charge >= 0.3 is 0 Å². The summed E-state index contributed by atoms with van der Waals surface area (Å²) >= 11 is 0. The van der Waals surface area contributed by atoms with Gasteiger partial charge in [-0.25, -0.2) is 0 Å². The van der Waals surface area contributed by atoms with Crippen molar-refractivity contribution < 1.29 is 15.0 Å². The molecule has 108 valence electrons. The third kappa shape index (κ3) is 2.52. The van der Waals surface area contributed by atoms with Crippen molar-refractivity contribution in [2.24, 2.45) is 5.92 Å². The molecule has 0 amide bonds.